The predicted molar refractivity (Wildman–Crippen MR) is 130 cm³/mol. The summed E-state index contributed by atoms with van der Waals surface area (Å²) in [7, 11) is 0. The zero-order valence-electron chi connectivity index (χ0n) is 19.7. The summed E-state index contributed by atoms with van der Waals surface area (Å²) < 4.78 is 1.66. The molecule has 1 aliphatic carbocycles. The first-order valence-corrected chi connectivity index (χ1v) is 12.5. The van der Waals surface area contributed by atoms with E-state index in [0.29, 0.717) is 23.0 Å². The van der Waals surface area contributed by atoms with Gasteiger partial charge in [-0.2, -0.15) is 14.7 Å². The van der Waals surface area contributed by atoms with Crippen LogP contribution in [0.5, 0.6) is 0 Å². The lowest BCUT2D eigenvalue weighted by Gasteiger charge is -2.38. The Labute approximate surface area is 206 Å². The van der Waals surface area contributed by atoms with Crippen LogP contribution in [0, 0.1) is 0 Å². The summed E-state index contributed by atoms with van der Waals surface area (Å²) in [4.78, 5) is 28.6. The summed E-state index contributed by atoms with van der Waals surface area (Å²) in [5.41, 5.74) is 9.69. The summed E-state index contributed by atoms with van der Waals surface area (Å²) in [5, 5.41) is 21.6. The Morgan fingerprint density at radius 2 is 1.94 bits per heavy atom. The number of nitrogens with one attached hydrogen (secondary N) is 1. The first kappa shape index (κ1) is 21.4. The molecule has 1 amide bonds. The van der Waals surface area contributed by atoms with E-state index < -0.39 is 5.60 Å². The Kier molecular flexibility index (Phi) is 4.65. The zero-order chi connectivity index (χ0) is 24.4. The van der Waals surface area contributed by atoms with Crippen LogP contribution in [0.3, 0.4) is 0 Å². The van der Waals surface area contributed by atoms with E-state index in [0.717, 1.165) is 61.8 Å². The average molecular weight is 486 g/mol. The number of anilines is 1. The molecule has 2 unspecified atom stereocenters. The van der Waals surface area contributed by atoms with Crippen molar-refractivity contribution in [3.05, 3.63) is 54.1 Å². The molecule has 36 heavy (non-hydrogen) atoms. The van der Waals surface area contributed by atoms with Gasteiger partial charge in [-0.05, 0) is 51.0 Å². The quantitative estimate of drug-likeness (QED) is 0.399. The number of aliphatic hydroxyl groups is 1. The van der Waals surface area contributed by atoms with Gasteiger partial charge in [0.2, 0.25) is 5.82 Å². The third-order valence-electron chi connectivity index (χ3n) is 8.25. The maximum atomic E-state index is 13.0. The van der Waals surface area contributed by atoms with Crippen LogP contribution in [-0.4, -0.2) is 62.8 Å². The number of piperidine rings is 1. The van der Waals surface area contributed by atoms with Crippen molar-refractivity contribution in [3.63, 3.8) is 0 Å². The predicted octanol–water partition coefficient (Wildman–Crippen LogP) is 2.41. The Hall–Kier alpha value is -3.86. The summed E-state index contributed by atoms with van der Waals surface area (Å²) in [6, 6.07) is 6.06. The highest BCUT2D eigenvalue weighted by molar-refractivity contribution is 5.91. The Morgan fingerprint density at radius 3 is 2.58 bits per heavy atom. The second-order valence-electron chi connectivity index (χ2n) is 10.3. The smallest absolute Gasteiger partial charge is 0.291 e. The van der Waals surface area contributed by atoms with Crippen LogP contribution in [0.1, 0.15) is 72.9 Å². The van der Waals surface area contributed by atoms with Gasteiger partial charge < -0.3 is 15.7 Å². The third kappa shape index (κ3) is 3.22. The number of fused-ring (bicyclic) bond motifs is 3. The van der Waals surface area contributed by atoms with Crippen molar-refractivity contribution in [2.75, 3.05) is 5.73 Å². The molecule has 0 radical (unpaired) electrons. The maximum Gasteiger partial charge on any atom is 0.291 e. The van der Waals surface area contributed by atoms with Gasteiger partial charge in [0.25, 0.3) is 5.91 Å². The normalized spacial score (nSPS) is 24.7. The number of aromatic nitrogens is 7. The molecule has 2 aliphatic heterocycles. The fourth-order valence-electron chi connectivity index (χ4n) is 6.20. The Balaban J connectivity index is 1.18. The molecule has 4 aromatic rings. The molecular formula is C25H27N9O2. The van der Waals surface area contributed by atoms with Gasteiger partial charge in [-0.25, -0.2) is 9.97 Å². The van der Waals surface area contributed by atoms with Crippen molar-refractivity contribution in [2.45, 2.75) is 68.5 Å². The molecule has 4 aromatic heterocycles. The van der Waals surface area contributed by atoms with Gasteiger partial charge in [0.15, 0.2) is 5.65 Å². The van der Waals surface area contributed by atoms with Crippen molar-refractivity contribution >= 4 is 17.4 Å². The van der Waals surface area contributed by atoms with Crippen LogP contribution in [0.2, 0.25) is 0 Å². The van der Waals surface area contributed by atoms with E-state index in [-0.39, 0.29) is 23.9 Å². The first-order chi connectivity index (χ1) is 17.5. The zero-order valence-corrected chi connectivity index (χ0v) is 19.7. The number of nitrogen functional groups attached to an aromatic ring is 1. The van der Waals surface area contributed by atoms with E-state index >= 15 is 0 Å². The Bertz CT molecular complexity index is 1430. The van der Waals surface area contributed by atoms with E-state index in [4.69, 9.17) is 10.7 Å². The molecule has 2 atom stereocenters. The van der Waals surface area contributed by atoms with Crippen LogP contribution < -0.4 is 5.73 Å². The monoisotopic (exact) mass is 485 g/mol. The minimum atomic E-state index is -0.793. The number of H-pyrrole nitrogens is 1. The molecule has 1 saturated carbocycles. The minimum absolute atomic E-state index is 0.0815. The highest BCUT2D eigenvalue weighted by Gasteiger charge is 2.45. The summed E-state index contributed by atoms with van der Waals surface area (Å²) >= 11 is 0. The van der Waals surface area contributed by atoms with Crippen LogP contribution in [0.15, 0.2) is 36.9 Å². The van der Waals surface area contributed by atoms with Crippen LogP contribution in [0.4, 0.5) is 5.82 Å². The minimum Gasteiger partial charge on any atom is -0.384 e. The number of carbonyl (C=O) groups is 1. The number of aromatic amines is 1. The lowest BCUT2D eigenvalue weighted by Crippen LogP contribution is -2.46. The molecule has 3 aliphatic rings. The summed E-state index contributed by atoms with van der Waals surface area (Å²) in [5.74, 6) is 0.941. The third-order valence-corrected chi connectivity index (χ3v) is 8.25. The molecule has 0 spiro atoms. The standard InChI is InChI=1S/C25H27N9O2/c26-21-10-19(15-8-16-3-4-17(9-15)33(16)24(35)22-28-13-29-32-22)31-23-18(12-30-34(21)23)14-2-5-20(27-11-14)25(36)6-1-7-25/h2,5,10-13,15-17,36H,1,3-4,6-9,26H2,(H,28,29,32). The summed E-state index contributed by atoms with van der Waals surface area (Å²) in [6.07, 6.45) is 11.0. The average Bonchev–Trinajstić information content (AvgIpc) is 3.61. The molecule has 4 N–H and O–H groups in total. The van der Waals surface area contributed by atoms with Gasteiger partial charge in [-0.3, -0.25) is 14.9 Å². The van der Waals surface area contributed by atoms with Gasteiger partial charge in [-0.1, -0.05) is 6.07 Å². The topological polar surface area (TPSA) is 151 Å². The Morgan fingerprint density at radius 1 is 1.14 bits per heavy atom. The van der Waals surface area contributed by atoms with E-state index in [2.05, 4.69) is 25.3 Å². The molecule has 3 fully saturated rings. The van der Waals surface area contributed by atoms with Crippen molar-refractivity contribution < 1.29 is 9.90 Å². The summed E-state index contributed by atoms with van der Waals surface area (Å²) in [6.45, 7) is 0. The molecule has 6 heterocycles. The molecule has 7 rings (SSSR count). The van der Waals surface area contributed by atoms with Crippen LogP contribution in [0.25, 0.3) is 16.8 Å². The van der Waals surface area contributed by atoms with Crippen molar-refractivity contribution in [2.24, 2.45) is 0 Å². The van der Waals surface area contributed by atoms with Crippen LogP contribution >= 0.6 is 0 Å². The molecule has 0 aromatic carbocycles. The molecular weight excluding hydrogens is 458 g/mol. The molecule has 2 saturated heterocycles. The fourth-order valence-corrected chi connectivity index (χ4v) is 6.20. The molecule has 2 bridgehead atoms. The van der Waals surface area contributed by atoms with Gasteiger partial charge in [0.1, 0.15) is 17.7 Å². The number of rotatable bonds is 4. The fraction of sp³-hybridized carbons (Fsp3) is 0.440. The largest absolute Gasteiger partial charge is 0.384 e. The number of hydrogen-bond donors (Lipinski definition) is 3. The number of nitrogens with two attached hydrogens (primary N) is 1. The molecule has 184 valence electrons. The second-order valence-corrected chi connectivity index (χ2v) is 10.3. The molecule has 11 nitrogen and oxygen atoms in total. The second kappa shape index (κ2) is 7.82. The van der Waals surface area contributed by atoms with Crippen molar-refractivity contribution in [1.29, 1.82) is 0 Å². The SMILES string of the molecule is Nc1cc(C2CC3CCC(C2)N3C(=O)c2ncn[nH]2)nc2c(-c3ccc(C4(O)CCC4)nc3)cnn12. The van der Waals surface area contributed by atoms with E-state index in [9.17, 15) is 9.90 Å². The van der Waals surface area contributed by atoms with Gasteiger partial charge in [-0.15, -0.1) is 0 Å². The van der Waals surface area contributed by atoms with Gasteiger partial charge in [0.05, 0.1) is 11.9 Å². The molecule has 11 heteroatoms. The maximum absolute atomic E-state index is 13.0. The lowest BCUT2D eigenvalue weighted by molar-refractivity contribution is -0.0426. The van der Waals surface area contributed by atoms with Crippen LogP contribution in [-0.2, 0) is 5.60 Å². The van der Waals surface area contributed by atoms with E-state index in [1.54, 1.807) is 16.9 Å². The van der Waals surface area contributed by atoms with E-state index in [1.165, 1.54) is 6.33 Å². The lowest BCUT2D eigenvalue weighted by atomic mass is 9.77. The van der Waals surface area contributed by atoms with Gasteiger partial charge in [0, 0.05) is 47.1 Å². The number of carbonyl (C=O) groups excluding carboxylic acids is 1. The highest BCUT2D eigenvalue weighted by Crippen LogP contribution is 2.44. The number of nitrogens with zero attached hydrogens (tertiary/aromatic N) is 7. The van der Waals surface area contributed by atoms with Crippen molar-refractivity contribution in [1.82, 2.24) is 39.7 Å². The van der Waals surface area contributed by atoms with Crippen molar-refractivity contribution in [3.8, 4) is 11.1 Å². The number of amides is 1. The number of hydrogen-bond acceptors (Lipinski definition) is 8. The first-order valence-electron chi connectivity index (χ1n) is 12.5. The number of pyridine rings is 1. The van der Waals surface area contributed by atoms with Gasteiger partial charge >= 0.3 is 0 Å². The highest BCUT2D eigenvalue weighted by atomic mass is 16.3. The van der Waals surface area contributed by atoms with E-state index in [1.807, 2.05) is 23.1 Å².